The SMILES string of the molecule is CCCCC1=C(C(=O)OC)C(c2ccc(N3CCC(C)CC3)cc2)NC(=O)N1. The molecule has 0 saturated carbocycles. The number of carbonyl (C=O) groups excluding carboxylic acids is 2. The average Bonchev–Trinajstić information content (AvgIpc) is 2.72. The fourth-order valence-corrected chi connectivity index (χ4v) is 3.91. The van der Waals surface area contributed by atoms with Crippen LogP contribution in [-0.2, 0) is 9.53 Å². The number of esters is 1. The number of nitrogens with one attached hydrogen (secondary N) is 2. The molecule has 3 rings (SSSR count). The van der Waals surface area contributed by atoms with Gasteiger partial charge in [0.2, 0.25) is 0 Å². The maximum atomic E-state index is 12.5. The van der Waals surface area contributed by atoms with E-state index in [4.69, 9.17) is 4.74 Å². The second-order valence-electron chi connectivity index (χ2n) is 7.78. The lowest BCUT2D eigenvalue weighted by molar-refractivity contribution is -0.136. The van der Waals surface area contributed by atoms with Crippen molar-refractivity contribution >= 4 is 17.7 Å². The zero-order valence-corrected chi connectivity index (χ0v) is 17.1. The minimum Gasteiger partial charge on any atom is -0.466 e. The van der Waals surface area contributed by atoms with E-state index in [9.17, 15) is 9.59 Å². The third-order valence-corrected chi connectivity index (χ3v) is 5.71. The lowest BCUT2D eigenvalue weighted by atomic mass is 9.93. The van der Waals surface area contributed by atoms with E-state index in [1.807, 2.05) is 12.1 Å². The Morgan fingerprint density at radius 2 is 1.89 bits per heavy atom. The van der Waals surface area contributed by atoms with Gasteiger partial charge in [-0.15, -0.1) is 0 Å². The number of urea groups is 1. The lowest BCUT2D eigenvalue weighted by Gasteiger charge is -2.33. The first-order chi connectivity index (χ1) is 13.5. The summed E-state index contributed by atoms with van der Waals surface area (Å²) in [5, 5.41) is 5.69. The molecule has 152 valence electrons. The number of nitrogens with zero attached hydrogens (tertiary/aromatic N) is 1. The highest BCUT2D eigenvalue weighted by Gasteiger charge is 2.33. The molecule has 6 nitrogen and oxygen atoms in total. The summed E-state index contributed by atoms with van der Waals surface area (Å²) in [5.74, 6) is 0.382. The van der Waals surface area contributed by atoms with Crippen molar-refractivity contribution in [2.24, 2.45) is 5.92 Å². The Morgan fingerprint density at radius 1 is 1.21 bits per heavy atom. The molecule has 0 aromatic heterocycles. The second-order valence-corrected chi connectivity index (χ2v) is 7.78. The van der Waals surface area contributed by atoms with Crippen LogP contribution in [0.25, 0.3) is 0 Å². The molecular formula is C22H31N3O3. The molecule has 0 aliphatic carbocycles. The molecule has 0 radical (unpaired) electrons. The van der Waals surface area contributed by atoms with Crippen LogP contribution in [-0.4, -0.2) is 32.2 Å². The first-order valence-corrected chi connectivity index (χ1v) is 10.3. The predicted octanol–water partition coefficient (Wildman–Crippen LogP) is 3.89. The van der Waals surface area contributed by atoms with Crippen LogP contribution in [0.5, 0.6) is 0 Å². The van der Waals surface area contributed by atoms with Crippen LogP contribution in [0.1, 0.15) is 57.6 Å². The molecule has 2 heterocycles. The van der Waals surface area contributed by atoms with Crippen LogP contribution >= 0.6 is 0 Å². The fourth-order valence-electron chi connectivity index (χ4n) is 3.91. The molecule has 2 N–H and O–H groups in total. The highest BCUT2D eigenvalue weighted by atomic mass is 16.5. The van der Waals surface area contributed by atoms with E-state index in [1.165, 1.54) is 25.6 Å². The molecule has 2 aliphatic rings. The Bertz CT molecular complexity index is 734. The summed E-state index contributed by atoms with van der Waals surface area (Å²) in [7, 11) is 1.38. The van der Waals surface area contributed by atoms with Gasteiger partial charge in [-0.3, -0.25) is 0 Å². The molecule has 1 fully saturated rings. The molecule has 1 unspecified atom stereocenters. The Kier molecular flexibility index (Phi) is 6.60. The van der Waals surface area contributed by atoms with E-state index in [2.05, 4.69) is 41.5 Å². The standard InChI is InChI=1S/C22H31N3O3/c1-4-5-6-18-19(21(26)28-3)20(24-22(27)23-18)16-7-9-17(10-8-16)25-13-11-15(2)12-14-25/h7-10,15,20H,4-6,11-14H2,1-3H3,(H2,23,24,27). The lowest BCUT2D eigenvalue weighted by Crippen LogP contribution is -2.45. The van der Waals surface area contributed by atoms with Gasteiger partial charge in [0.25, 0.3) is 0 Å². The zero-order chi connectivity index (χ0) is 20.1. The van der Waals surface area contributed by atoms with Crippen molar-refractivity contribution in [3.05, 3.63) is 41.1 Å². The van der Waals surface area contributed by atoms with E-state index >= 15 is 0 Å². The van der Waals surface area contributed by atoms with Gasteiger partial charge in [-0.25, -0.2) is 9.59 Å². The normalized spacial score (nSPS) is 20.6. The Hall–Kier alpha value is -2.50. The van der Waals surface area contributed by atoms with E-state index in [0.717, 1.165) is 37.4 Å². The van der Waals surface area contributed by atoms with Crippen molar-refractivity contribution in [3.63, 3.8) is 0 Å². The van der Waals surface area contributed by atoms with Crippen LogP contribution < -0.4 is 15.5 Å². The van der Waals surface area contributed by atoms with Crippen LogP contribution in [0.4, 0.5) is 10.5 Å². The van der Waals surface area contributed by atoms with Crippen LogP contribution in [0.15, 0.2) is 35.5 Å². The van der Waals surface area contributed by atoms with Crippen molar-refractivity contribution in [1.82, 2.24) is 10.6 Å². The number of anilines is 1. The summed E-state index contributed by atoms with van der Waals surface area (Å²) < 4.78 is 5.02. The molecule has 1 aromatic rings. The Balaban J connectivity index is 1.86. The summed E-state index contributed by atoms with van der Waals surface area (Å²) in [5.41, 5.74) is 3.23. The Labute approximate surface area is 167 Å². The van der Waals surface area contributed by atoms with Crippen LogP contribution in [0, 0.1) is 5.92 Å². The van der Waals surface area contributed by atoms with Gasteiger partial charge < -0.3 is 20.3 Å². The van der Waals surface area contributed by atoms with Crippen molar-refractivity contribution in [2.45, 2.75) is 52.0 Å². The van der Waals surface area contributed by atoms with Gasteiger partial charge in [0.05, 0.1) is 18.7 Å². The first-order valence-electron chi connectivity index (χ1n) is 10.3. The number of rotatable bonds is 6. The van der Waals surface area contributed by atoms with E-state index in [0.29, 0.717) is 17.7 Å². The monoisotopic (exact) mass is 385 g/mol. The van der Waals surface area contributed by atoms with Gasteiger partial charge in [0.15, 0.2) is 0 Å². The minimum atomic E-state index is -0.497. The van der Waals surface area contributed by atoms with E-state index in [-0.39, 0.29) is 6.03 Å². The third-order valence-electron chi connectivity index (χ3n) is 5.71. The highest BCUT2D eigenvalue weighted by molar-refractivity contribution is 5.95. The molecule has 1 saturated heterocycles. The molecular weight excluding hydrogens is 354 g/mol. The minimum absolute atomic E-state index is 0.280. The van der Waals surface area contributed by atoms with Gasteiger partial charge in [0.1, 0.15) is 0 Å². The number of ether oxygens (including phenoxy) is 1. The number of amides is 2. The van der Waals surface area contributed by atoms with E-state index in [1.54, 1.807) is 0 Å². The number of piperidine rings is 1. The number of unbranched alkanes of at least 4 members (excludes halogenated alkanes) is 1. The molecule has 2 amide bonds. The molecule has 1 aromatic carbocycles. The van der Waals surface area contributed by atoms with Crippen LogP contribution in [0.2, 0.25) is 0 Å². The van der Waals surface area contributed by atoms with Gasteiger partial charge in [0, 0.05) is 24.5 Å². The van der Waals surface area contributed by atoms with Gasteiger partial charge in [-0.2, -0.15) is 0 Å². The first kappa shape index (κ1) is 20.2. The van der Waals surface area contributed by atoms with Gasteiger partial charge >= 0.3 is 12.0 Å². The van der Waals surface area contributed by atoms with Crippen molar-refractivity contribution in [2.75, 3.05) is 25.1 Å². The molecule has 2 aliphatic heterocycles. The number of hydrogen-bond donors (Lipinski definition) is 2. The number of methoxy groups -OCH3 is 1. The maximum absolute atomic E-state index is 12.5. The largest absolute Gasteiger partial charge is 0.466 e. The molecule has 0 spiro atoms. The topological polar surface area (TPSA) is 70.7 Å². The fraction of sp³-hybridized carbons (Fsp3) is 0.545. The summed E-state index contributed by atoms with van der Waals surface area (Å²) in [4.78, 5) is 27.1. The smallest absolute Gasteiger partial charge is 0.337 e. The van der Waals surface area contributed by atoms with Crippen molar-refractivity contribution in [3.8, 4) is 0 Å². The quantitative estimate of drug-likeness (QED) is 0.729. The predicted molar refractivity (Wildman–Crippen MR) is 110 cm³/mol. The Morgan fingerprint density at radius 3 is 2.50 bits per heavy atom. The van der Waals surface area contributed by atoms with Crippen molar-refractivity contribution < 1.29 is 14.3 Å². The van der Waals surface area contributed by atoms with E-state index < -0.39 is 12.0 Å². The molecule has 28 heavy (non-hydrogen) atoms. The number of benzene rings is 1. The summed E-state index contributed by atoms with van der Waals surface area (Å²) in [6.45, 7) is 6.52. The molecule has 1 atom stereocenters. The molecule has 0 bridgehead atoms. The third kappa shape index (κ3) is 4.49. The summed E-state index contributed by atoms with van der Waals surface area (Å²) >= 11 is 0. The zero-order valence-electron chi connectivity index (χ0n) is 17.1. The summed E-state index contributed by atoms with van der Waals surface area (Å²) in [6, 6.07) is 7.40. The van der Waals surface area contributed by atoms with Gasteiger partial charge in [-0.05, 0) is 49.3 Å². The maximum Gasteiger partial charge on any atom is 0.337 e. The highest BCUT2D eigenvalue weighted by Crippen LogP contribution is 2.31. The van der Waals surface area contributed by atoms with Gasteiger partial charge in [-0.1, -0.05) is 32.4 Å². The summed E-state index contributed by atoms with van der Waals surface area (Å²) in [6.07, 6.45) is 4.95. The second kappa shape index (κ2) is 9.13. The number of hydrogen-bond acceptors (Lipinski definition) is 4. The van der Waals surface area contributed by atoms with Crippen LogP contribution in [0.3, 0.4) is 0 Å². The van der Waals surface area contributed by atoms with Crippen molar-refractivity contribution in [1.29, 1.82) is 0 Å². The molecule has 6 heteroatoms. The number of allylic oxidation sites excluding steroid dienone is 1. The number of carbonyl (C=O) groups is 2. The average molecular weight is 386 g/mol.